The van der Waals surface area contributed by atoms with E-state index in [0.29, 0.717) is 28.4 Å². The zero-order valence-corrected chi connectivity index (χ0v) is 10.5. The van der Waals surface area contributed by atoms with Crippen LogP contribution in [-0.4, -0.2) is 13.4 Å². The quantitative estimate of drug-likeness (QED) is 0.532. The fourth-order valence-corrected chi connectivity index (χ4v) is 2.34. The number of halogens is 1. The predicted octanol–water partition coefficient (Wildman–Crippen LogP) is 3.01. The van der Waals surface area contributed by atoms with Gasteiger partial charge in [-0.3, -0.25) is 4.79 Å². The van der Waals surface area contributed by atoms with Crippen LogP contribution in [0.25, 0.3) is 21.9 Å². The molecule has 0 saturated carbocycles. The summed E-state index contributed by atoms with van der Waals surface area (Å²) in [6, 6.07) is 3.24. The van der Waals surface area contributed by atoms with E-state index in [2.05, 4.69) is 0 Å². The van der Waals surface area contributed by atoms with Gasteiger partial charge in [0.1, 0.15) is 22.5 Å². The van der Waals surface area contributed by atoms with Gasteiger partial charge in [-0.15, -0.1) is 0 Å². The molecule has 0 unspecified atom stereocenters. The Morgan fingerprint density at radius 2 is 2.16 bits per heavy atom. The lowest BCUT2D eigenvalue weighted by atomic mass is 10.1. The topological polar surface area (TPSA) is 69.7 Å². The van der Waals surface area contributed by atoms with E-state index in [1.54, 1.807) is 6.07 Å². The summed E-state index contributed by atoms with van der Waals surface area (Å²) in [5.41, 5.74) is -0.307. The monoisotopic (exact) mass is 278 g/mol. The second-order valence-corrected chi connectivity index (χ2v) is 4.23. The van der Waals surface area contributed by atoms with Crippen LogP contribution in [0.2, 0.25) is 5.02 Å². The first kappa shape index (κ1) is 11.8. The van der Waals surface area contributed by atoms with Crippen molar-refractivity contribution in [1.29, 1.82) is 0 Å². The zero-order valence-electron chi connectivity index (χ0n) is 9.73. The second kappa shape index (κ2) is 4.13. The number of hydrogen-bond donors (Lipinski definition) is 0. The maximum absolute atomic E-state index is 11.6. The van der Waals surface area contributed by atoms with Crippen molar-refractivity contribution in [2.45, 2.75) is 0 Å². The molecular weight excluding hydrogens is 272 g/mol. The van der Waals surface area contributed by atoms with Crippen LogP contribution < -0.4 is 10.4 Å². The van der Waals surface area contributed by atoms with Gasteiger partial charge in [0.05, 0.1) is 29.2 Å². The van der Waals surface area contributed by atoms with Crippen LogP contribution in [0, 0.1) is 0 Å². The summed E-state index contributed by atoms with van der Waals surface area (Å²) >= 11 is 6.10. The third kappa shape index (κ3) is 1.55. The Bertz CT molecular complexity index is 859. The van der Waals surface area contributed by atoms with Gasteiger partial charge in [0.25, 0.3) is 0 Å². The number of aldehydes is 1. The molecule has 0 aliphatic rings. The fourth-order valence-electron chi connectivity index (χ4n) is 2.04. The zero-order chi connectivity index (χ0) is 13.6. The van der Waals surface area contributed by atoms with Crippen molar-refractivity contribution in [2.75, 3.05) is 7.11 Å². The minimum absolute atomic E-state index is 0.0150. The van der Waals surface area contributed by atoms with Crippen LogP contribution >= 0.6 is 11.6 Å². The maximum Gasteiger partial charge on any atom is 0.348 e. The molecule has 0 atom stereocenters. The number of rotatable bonds is 2. The average Bonchev–Trinajstić information content (AvgIpc) is 2.84. The average molecular weight is 279 g/mol. The number of hydrogen-bond acceptors (Lipinski definition) is 5. The molecule has 6 heteroatoms. The Hall–Kier alpha value is -2.27. The molecule has 2 heterocycles. The van der Waals surface area contributed by atoms with E-state index < -0.39 is 5.63 Å². The van der Waals surface area contributed by atoms with Crippen LogP contribution in [-0.2, 0) is 0 Å². The van der Waals surface area contributed by atoms with Crippen molar-refractivity contribution in [2.24, 2.45) is 0 Å². The number of furan rings is 1. The van der Waals surface area contributed by atoms with Gasteiger partial charge in [-0.2, -0.15) is 0 Å². The molecule has 0 saturated heterocycles. The van der Waals surface area contributed by atoms with Gasteiger partial charge >= 0.3 is 5.63 Å². The van der Waals surface area contributed by atoms with Gasteiger partial charge in [-0.05, 0) is 6.07 Å². The van der Waals surface area contributed by atoms with E-state index >= 15 is 0 Å². The van der Waals surface area contributed by atoms with Gasteiger partial charge in [0.2, 0.25) is 0 Å². The van der Waals surface area contributed by atoms with E-state index in [9.17, 15) is 9.59 Å². The predicted molar refractivity (Wildman–Crippen MR) is 69.2 cm³/mol. The number of carbonyl (C=O) groups is 1. The van der Waals surface area contributed by atoms with E-state index in [1.807, 2.05) is 0 Å². The van der Waals surface area contributed by atoms with Crippen LogP contribution in [0.15, 0.2) is 32.0 Å². The normalized spacial score (nSPS) is 11.1. The molecule has 96 valence electrons. The largest absolute Gasteiger partial charge is 0.495 e. The van der Waals surface area contributed by atoms with Crippen molar-refractivity contribution in [3.05, 3.63) is 39.4 Å². The summed E-state index contributed by atoms with van der Waals surface area (Å²) < 4.78 is 15.6. The molecule has 1 aromatic carbocycles. The Labute approximate surface area is 111 Å². The fraction of sp³-hybridized carbons (Fsp3) is 0.0769. The SMILES string of the molecule is COc1c2ccoc2cc2oc(=O)c(C=O)c(Cl)c12. The molecule has 3 rings (SSSR count). The standard InChI is InChI=1S/C13H7ClO5/c1-17-12-6-2-3-18-8(6)4-9-10(12)11(14)7(5-15)13(16)19-9/h2-5H,1H3. The van der Waals surface area contributed by atoms with Crippen molar-refractivity contribution >= 4 is 39.8 Å². The summed E-state index contributed by atoms with van der Waals surface area (Å²) in [6.07, 6.45) is 1.85. The van der Waals surface area contributed by atoms with Crippen LogP contribution in [0.4, 0.5) is 0 Å². The first-order valence-electron chi connectivity index (χ1n) is 5.33. The summed E-state index contributed by atoms with van der Waals surface area (Å²) in [5, 5.41) is 1.07. The lowest BCUT2D eigenvalue weighted by Gasteiger charge is -2.08. The van der Waals surface area contributed by atoms with Crippen LogP contribution in [0.1, 0.15) is 10.4 Å². The van der Waals surface area contributed by atoms with E-state index in [1.165, 1.54) is 19.4 Å². The third-order valence-corrected chi connectivity index (χ3v) is 3.27. The van der Waals surface area contributed by atoms with E-state index in [0.717, 1.165) is 0 Å². The number of methoxy groups -OCH3 is 1. The molecular formula is C13H7ClO5. The third-order valence-electron chi connectivity index (χ3n) is 2.88. The molecule has 0 fully saturated rings. The van der Waals surface area contributed by atoms with Gasteiger partial charge in [-0.1, -0.05) is 11.6 Å². The molecule has 0 N–H and O–H groups in total. The summed E-state index contributed by atoms with van der Waals surface area (Å²) in [4.78, 5) is 22.5. The first-order chi connectivity index (χ1) is 9.17. The van der Waals surface area contributed by atoms with Gasteiger partial charge < -0.3 is 13.6 Å². The molecule has 0 bridgehead atoms. The maximum atomic E-state index is 11.6. The molecule has 0 spiro atoms. The molecule has 3 aromatic rings. The lowest BCUT2D eigenvalue weighted by molar-refractivity contribution is 0.112. The highest BCUT2D eigenvalue weighted by Gasteiger charge is 2.19. The Morgan fingerprint density at radius 3 is 2.84 bits per heavy atom. The van der Waals surface area contributed by atoms with E-state index in [4.69, 9.17) is 25.2 Å². The molecule has 0 aliphatic heterocycles. The smallest absolute Gasteiger partial charge is 0.348 e. The first-order valence-corrected chi connectivity index (χ1v) is 5.71. The van der Waals surface area contributed by atoms with Crippen LogP contribution in [0.3, 0.4) is 0 Å². The van der Waals surface area contributed by atoms with Gasteiger partial charge in [0.15, 0.2) is 6.29 Å². The Balaban J connectivity index is 2.63. The highest BCUT2D eigenvalue weighted by atomic mass is 35.5. The molecule has 0 amide bonds. The highest BCUT2D eigenvalue weighted by molar-refractivity contribution is 6.38. The van der Waals surface area contributed by atoms with Gasteiger partial charge in [-0.25, -0.2) is 4.79 Å². The second-order valence-electron chi connectivity index (χ2n) is 3.85. The summed E-state index contributed by atoms with van der Waals surface area (Å²) in [5.74, 6) is 0.401. The van der Waals surface area contributed by atoms with Crippen molar-refractivity contribution in [3.63, 3.8) is 0 Å². The Kier molecular flexibility index (Phi) is 2.57. The molecule has 19 heavy (non-hydrogen) atoms. The number of carbonyl (C=O) groups excluding carboxylic acids is 1. The highest BCUT2D eigenvalue weighted by Crippen LogP contribution is 2.39. The minimum atomic E-state index is -0.791. The number of fused-ring (bicyclic) bond motifs is 2. The Morgan fingerprint density at radius 1 is 1.37 bits per heavy atom. The van der Waals surface area contributed by atoms with Crippen molar-refractivity contribution < 1.29 is 18.4 Å². The summed E-state index contributed by atoms with van der Waals surface area (Å²) in [7, 11) is 1.46. The molecule has 0 radical (unpaired) electrons. The lowest BCUT2D eigenvalue weighted by Crippen LogP contribution is -2.07. The molecule has 5 nitrogen and oxygen atoms in total. The molecule has 2 aromatic heterocycles. The van der Waals surface area contributed by atoms with Crippen LogP contribution in [0.5, 0.6) is 5.75 Å². The van der Waals surface area contributed by atoms with Crippen molar-refractivity contribution in [3.8, 4) is 5.75 Å². The minimum Gasteiger partial charge on any atom is -0.495 e. The molecule has 0 aliphatic carbocycles. The van der Waals surface area contributed by atoms with Crippen molar-refractivity contribution in [1.82, 2.24) is 0 Å². The number of ether oxygens (including phenoxy) is 1. The van der Waals surface area contributed by atoms with Gasteiger partial charge in [0, 0.05) is 6.07 Å². The summed E-state index contributed by atoms with van der Waals surface area (Å²) in [6.45, 7) is 0. The number of benzene rings is 1. The van der Waals surface area contributed by atoms with E-state index in [-0.39, 0.29) is 16.2 Å².